The van der Waals surface area contributed by atoms with Gasteiger partial charge in [-0.05, 0) is 36.0 Å². The Morgan fingerprint density at radius 3 is 2.79 bits per heavy atom. The van der Waals surface area contributed by atoms with Gasteiger partial charge in [0.05, 0.1) is 4.92 Å². The molecule has 98 valence electrons. The molecule has 4 nitrogen and oxygen atoms in total. The van der Waals surface area contributed by atoms with Gasteiger partial charge >= 0.3 is 0 Å². The van der Waals surface area contributed by atoms with E-state index in [2.05, 4.69) is 11.9 Å². The van der Waals surface area contributed by atoms with Crippen molar-refractivity contribution in [2.24, 2.45) is 10.4 Å². The van der Waals surface area contributed by atoms with Crippen LogP contribution in [0.15, 0.2) is 35.0 Å². The van der Waals surface area contributed by atoms with Crippen molar-refractivity contribution in [3.05, 3.63) is 51.2 Å². The van der Waals surface area contributed by atoms with Crippen LogP contribution in [-0.4, -0.2) is 11.1 Å². The second kappa shape index (κ2) is 4.30. The predicted molar refractivity (Wildman–Crippen MR) is 74.4 cm³/mol. The van der Waals surface area contributed by atoms with Gasteiger partial charge in [-0.3, -0.25) is 15.1 Å². The van der Waals surface area contributed by atoms with E-state index < -0.39 is 0 Å². The highest BCUT2D eigenvalue weighted by atomic mass is 16.6. The Balaban J connectivity index is 1.96. The number of rotatable bonds is 3. The van der Waals surface area contributed by atoms with E-state index in [0.717, 1.165) is 31.2 Å². The van der Waals surface area contributed by atoms with Crippen molar-refractivity contribution >= 4 is 11.9 Å². The zero-order valence-corrected chi connectivity index (χ0v) is 10.9. The number of allylic oxidation sites excluding steroid dienone is 1. The molecule has 4 heteroatoms. The van der Waals surface area contributed by atoms with Crippen LogP contribution in [0.25, 0.3) is 0 Å². The van der Waals surface area contributed by atoms with Crippen LogP contribution in [0.2, 0.25) is 0 Å². The van der Waals surface area contributed by atoms with Crippen LogP contribution in [0.5, 0.6) is 0 Å². The van der Waals surface area contributed by atoms with Gasteiger partial charge in [-0.25, -0.2) is 0 Å². The number of hydrogen-bond donors (Lipinski definition) is 0. The van der Waals surface area contributed by atoms with Gasteiger partial charge in [-0.2, -0.15) is 0 Å². The quantitative estimate of drug-likeness (QED) is 0.614. The second-order valence-electron chi connectivity index (χ2n) is 5.39. The van der Waals surface area contributed by atoms with Crippen molar-refractivity contribution in [2.75, 3.05) is 0 Å². The van der Waals surface area contributed by atoms with E-state index in [1.165, 1.54) is 11.1 Å². The lowest BCUT2D eigenvalue weighted by atomic mass is 9.75. The number of non-ortho nitro benzene ring substituents is 1. The molecule has 3 rings (SSSR count). The van der Waals surface area contributed by atoms with Gasteiger partial charge in [0.2, 0.25) is 0 Å². The van der Waals surface area contributed by atoms with Crippen LogP contribution >= 0.6 is 0 Å². The highest BCUT2D eigenvalue weighted by molar-refractivity contribution is 5.66. The molecule has 0 bridgehead atoms. The summed E-state index contributed by atoms with van der Waals surface area (Å²) in [4.78, 5) is 14.8. The minimum atomic E-state index is -0.315. The Labute approximate surface area is 112 Å². The Morgan fingerprint density at radius 1 is 1.37 bits per heavy atom. The van der Waals surface area contributed by atoms with E-state index in [4.69, 9.17) is 0 Å². The maximum absolute atomic E-state index is 10.9. The Kier molecular flexibility index (Phi) is 2.73. The summed E-state index contributed by atoms with van der Waals surface area (Å²) in [5, 5.41) is 10.9. The van der Waals surface area contributed by atoms with Crippen LogP contribution in [0, 0.1) is 15.5 Å². The molecule has 0 radical (unpaired) electrons. The molecule has 1 aliphatic carbocycles. The smallest absolute Gasteiger partial charge is 0.269 e. The molecular formula is C15H16N2O2. The lowest BCUT2D eigenvalue weighted by Gasteiger charge is -2.28. The number of fused-ring (bicyclic) bond motifs is 1. The predicted octanol–water partition coefficient (Wildman–Crippen LogP) is 3.45. The van der Waals surface area contributed by atoms with Gasteiger partial charge in [0, 0.05) is 36.4 Å². The molecule has 0 saturated heterocycles. The molecule has 0 saturated carbocycles. The van der Waals surface area contributed by atoms with Crippen molar-refractivity contribution < 1.29 is 4.92 Å². The first-order valence-corrected chi connectivity index (χ1v) is 6.62. The fourth-order valence-corrected chi connectivity index (χ4v) is 3.26. The second-order valence-corrected chi connectivity index (χ2v) is 5.39. The van der Waals surface area contributed by atoms with Crippen molar-refractivity contribution in [1.29, 1.82) is 0 Å². The average Bonchev–Trinajstić information content (AvgIpc) is 3.05. The average molecular weight is 256 g/mol. The lowest BCUT2D eigenvalue weighted by Crippen LogP contribution is -2.22. The van der Waals surface area contributed by atoms with Gasteiger partial charge in [0.15, 0.2) is 0 Å². The third kappa shape index (κ3) is 1.87. The summed E-state index contributed by atoms with van der Waals surface area (Å²) in [5.41, 5.74) is 4.06. The van der Waals surface area contributed by atoms with E-state index in [0.29, 0.717) is 0 Å². The molecule has 1 heterocycles. The SMILES string of the molecule is CCC1(C2=CN=CC2)Cc2ccc([N+](=O)[O-])cc2C1. The van der Waals surface area contributed by atoms with E-state index in [9.17, 15) is 10.1 Å². The van der Waals surface area contributed by atoms with Crippen molar-refractivity contribution in [3.63, 3.8) is 0 Å². The van der Waals surface area contributed by atoms with Crippen LogP contribution in [0.1, 0.15) is 30.9 Å². The largest absolute Gasteiger partial charge is 0.269 e. The Morgan fingerprint density at radius 2 is 2.16 bits per heavy atom. The topological polar surface area (TPSA) is 55.5 Å². The summed E-state index contributed by atoms with van der Waals surface area (Å²) < 4.78 is 0. The summed E-state index contributed by atoms with van der Waals surface area (Å²) in [6, 6.07) is 5.27. The summed E-state index contributed by atoms with van der Waals surface area (Å²) in [5.74, 6) is 0. The number of nitro groups is 1. The molecule has 1 aliphatic heterocycles. The first kappa shape index (κ1) is 12.1. The van der Waals surface area contributed by atoms with Gasteiger partial charge < -0.3 is 0 Å². The summed E-state index contributed by atoms with van der Waals surface area (Å²) >= 11 is 0. The van der Waals surface area contributed by atoms with E-state index >= 15 is 0 Å². The first-order chi connectivity index (χ1) is 9.14. The van der Waals surface area contributed by atoms with Crippen LogP contribution in [0.3, 0.4) is 0 Å². The van der Waals surface area contributed by atoms with E-state index in [1.807, 2.05) is 18.5 Å². The highest BCUT2D eigenvalue weighted by Gasteiger charge is 2.39. The van der Waals surface area contributed by atoms with Gasteiger partial charge in [0.1, 0.15) is 0 Å². The third-order valence-corrected chi connectivity index (χ3v) is 4.46. The first-order valence-electron chi connectivity index (χ1n) is 6.62. The Bertz CT molecular complexity index is 604. The van der Waals surface area contributed by atoms with Crippen LogP contribution < -0.4 is 0 Å². The fraction of sp³-hybridized carbons (Fsp3) is 0.400. The molecule has 1 unspecified atom stereocenters. The normalized spacial score (nSPS) is 24.4. The third-order valence-electron chi connectivity index (χ3n) is 4.46. The molecule has 1 aromatic carbocycles. The standard InChI is InChI=1S/C15H16N2O2/c1-2-15(13-5-6-16-10-13)8-11-3-4-14(17(18)19)7-12(11)9-15/h3-4,6-7,10H,2,5,8-9H2,1H3. The highest BCUT2D eigenvalue weighted by Crippen LogP contribution is 2.47. The summed E-state index contributed by atoms with van der Waals surface area (Å²) in [6.45, 7) is 2.19. The molecular weight excluding hydrogens is 240 g/mol. The number of nitro benzene ring substituents is 1. The Hall–Kier alpha value is -1.97. The maximum atomic E-state index is 10.9. The van der Waals surface area contributed by atoms with Crippen LogP contribution in [-0.2, 0) is 12.8 Å². The zero-order valence-electron chi connectivity index (χ0n) is 10.9. The monoisotopic (exact) mass is 256 g/mol. The van der Waals surface area contributed by atoms with Crippen LogP contribution in [0.4, 0.5) is 5.69 Å². The molecule has 0 aromatic heterocycles. The number of hydrogen-bond acceptors (Lipinski definition) is 3. The molecule has 0 N–H and O–H groups in total. The molecule has 0 spiro atoms. The van der Waals surface area contributed by atoms with E-state index in [1.54, 1.807) is 12.1 Å². The van der Waals surface area contributed by atoms with E-state index in [-0.39, 0.29) is 16.0 Å². The summed E-state index contributed by atoms with van der Waals surface area (Å²) in [7, 11) is 0. The molecule has 1 atom stereocenters. The maximum Gasteiger partial charge on any atom is 0.269 e. The van der Waals surface area contributed by atoms with Gasteiger partial charge in [-0.15, -0.1) is 0 Å². The zero-order chi connectivity index (χ0) is 13.5. The minimum Gasteiger partial charge on any atom is -0.269 e. The van der Waals surface area contributed by atoms with Crippen molar-refractivity contribution in [2.45, 2.75) is 32.6 Å². The number of nitrogens with zero attached hydrogens (tertiary/aromatic N) is 2. The number of aliphatic imine (C=N–C) groups is 1. The molecule has 1 aromatic rings. The minimum absolute atomic E-state index is 0.119. The van der Waals surface area contributed by atoms with Gasteiger partial charge in [0.25, 0.3) is 5.69 Å². The molecule has 2 aliphatic rings. The molecule has 19 heavy (non-hydrogen) atoms. The van der Waals surface area contributed by atoms with Crippen molar-refractivity contribution in [3.8, 4) is 0 Å². The fourth-order valence-electron chi connectivity index (χ4n) is 3.26. The number of benzene rings is 1. The van der Waals surface area contributed by atoms with Crippen molar-refractivity contribution in [1.82, 2.24) is 0 Å². The molecule has 0 fully saturated rings. The summed E-state index contributed by atoms with van der Waals surface area (Å²) in [6.07, 6.45) is 7.76. The lowest BCUT2D eigenvalue weighted by molar-refractivity contribution is -0.384. The molecule has 0 amide bonds. The van der Waals surface area contributed by atoms with Gasteiger partial charge in [-0.1, -0.05) is 13.0 Å².